The number of aromatic nitrogens is 1. The summed E-state index contributed by atoms with van der Waals surface area (Å²) in [4.78, 5) is 19.6. The van der Waals surface area contributed by atoms with Gasteiger partial charge in [-0.25, -0.2) is 13.4 Å². The topological polar surface area (TPSA) is 80.5 Å². The van der Waals surface area contributed by atoms with Crippen molar-refractivity contribution in [2.24, 2.45) is 0 Å². The van der Waals surface area contributed by atoms with Crippen LogP contribution in [-0.4, -0.2) is 25.1 Å². The average molecular weight is 461 g/mol. The molecule has 1 amide bonds. The molecule has 2 aromatic heterocycles. The molecule has 9 heteroatoms. The number of amides is 1. The lowest BCUT2D eigenvalue weighted by molar-refractivity contribution is 0.0983. The lowest BCUT2D eigenvalue weighted by Gasteiger charge is -2.19. The number of halogens is 1. The quantitative estimate of drug-likeness (QED) is 0.396. The fourth-order valence-corrected chi connectivity index (χ4v) is 5.10. The molecule has 2 heterocycles. The molecule has 6 nitrogen and oxygen atoms in total. The minimum absolute atomic E-state index is 0.0423. The number of carbonyl (C=O) groups excluding carboxylic acids is 1. The van der Waals surface area contributed by atoms with Crippen molar-refractivity contribution in [3.8, 4) is 0 Å². The van der Waals surface area contributed by atoms with E-state index in [-0.39, 0.29) is 28.7 Å². The van der Waals surface area contributed by atoms with Gasteiger partial charge in [0.1, 0.15) is 5.76 Å². The molecule has 0 atom stereocenters. The van der Waals surface area contributed by atoms with Gasteiger partial charge >= 0.3 is 0 Å². The summed E-state index contributed by atoms with van der Waals surface area (Å²) in [6.07, 6.45) is 1.53. The van der Waals surface area contributed by atoms with Crippen LogP contribution < -0.4 is 4.90 Å². The van der Waals surface area contributed by atoms with Crippen LogP contribution in [0.15, 0.2) is 70.2 Å². The summed E-state index contributed by atoms with van der Waals surface area (Å²) < 4.78 is 30.8. The van der Waals surface area contributed by atoms with Gasteiger partial charge in [0.05, 0.1) is 33.7 Å². The Morgan fingerprint density at radius 2 is 2.00 bits per heavy atom. The number of nitrogens with zero attached hydrogens (tertiary/aromatic N) is 2. The van der Waals surface area contributed by atoms with E-state index in [1.807, 2.05) is 0 Å². The molecular formula is C21H17ClN2O4S2. The van der Waals surface area contributed by atoms with Gasteiger partial charge in [0.15, 0.2) is 15.0 Å². The van der Waals surface area contributed by atoms with Gasteiger partial charge in [0.25, 0.3) is 5.91 Å². The highest BCUT2D eigenvalue weighted by atomic mass is 35.5. The van der Waals surface area contributed by atoms with Crippen LogP contribution in [0.5, 0.6) is 0 Å². The van der Waals surface area contributed by atoms with Gasteiger partial charge < -0.3 is 4.42 Å². The van der Waals surface area contributed by atoms with Crippen LogP contribution >= 0.6 is 22.9 Å². The van der Waals surface area contributed by atoms with Gasteiger partial charge in [-0.1, -0.05) is 35.9 Å². The first kappa shape index (κ1) is 20.6. The van der Waals surface area contributed by atoms with Crippen molar-refractivity contribution >= 4 is 54.0 Å². The minimum atomic E-state index is -3.44. The number of carbonyl (C=O) groups is 1. The molecule has 0 fully saturated rings. The lowest BCUT2D eigenvalue weighted by atomic mass is 10.2. The third-order valence-corrected chi connectivity index (χ3v) is 7.54. The zero-order valence-corrected chi connectivity index (χ0v) is 18.3. The Morgan fingerprint density at radius 1 is 1.17 bits per heavy atom. The Hall–Kier alpha value is -2.68. The van der Waals surface area contributed by atoms with E-state index in [0.29, 0.717) is 15.9 Å². The fourth-order valence-electron chi connectivity index (χ4n) is 2.93. The first-order valence-electron chi connectivity index (χ1n) is 9.10. The molecule has 0 radical (unpaired) electrons. The number of anilines is 1. The van der Waals surface area contributed by atoms with Crippen LogP contribution in [0.1, 0.15) is 23.0 Å². The fraction of sp³-hybridized carbons (Fsp3) is 0.143. The smallest absolute Gasteiger partial charge is 0.260 e. The van der Waals surface area contributed by atoms with E-state index in [1.165, 1.54) is 34.6 Å². The molecule has 0 saturated heterocycles. The molecule has 0 aliphatic carbocycles. The lowest BCUT2D eigenvalue weighted by Crippen LogP contribution is -2.30. The van der Waals surface area contributed by atoms with Crippen LogP contribution in [-0.2, 0) is 16.4 Å². The van der Waals surface area contributed by atoms with E-state index in [9.17, 15) is 13.2 Å². The zero-order valence-electron chi connectivity index (χ0n) is 15.9. The molecule has 0 saturated carbocycles. The van der Waals surface area contributed by atoms with Crippen molar-refractivity contribution in [1.82, 2.24) is 4.98 Å². The summed E-state index contributed by atoms with van der Waals surface area (Å²) in [5.41, 5.74) is 0.979. The Bertz CT molecular complexity index is 1310. The molecule has 154 valence electrons. The second kappa shape index (κ2) is 8.22. The highest BCUT2D eigenvalue weighted by Gasteiger charge is 2.24. The van der Waals surface area contributed by atoms with Gasteiger partial charge in [-0.3, -0.25) is 9.69 Å². The van der Waals surface area contributed by atoms with Crippen LogP contribution in [0, 0.1) is 0 Å². The monoisotopic (exact) mass is 460 g/mol. The molecule has 0 spiro atoms. The number of fused-ring (bicyclic) bond motifs is 1. The Labute approximate surface area is 182 Å². The van der Waals surface area contributed by atoms with E-state index in [4.69, 9.17) is 16.0 Å². The Morgan fingerprint density at radius 3 is 2.73 bits per heavy atom. The van der Waals surface area contributed by atoms with Crippen LogP contribution in [0.25, 0.3) is 10.2 Å². The maximum absolute atomic E-state index is 13.4. The molecule has 4 rings (SSSR count). The molecular weight excluding hydrogens is 444 g/mol. The van der Waals surface area contributed by atoms with Crippen LogP contribution in [0.2, 0.25) is 5.02 Å². The van der Waals surface area contributed by atoms with E-state index in [0.717, 1.165) is 10.2 Å². The second-order valence-corrected chi connectivity index (χ2v) is 10.2. The van der Waals surface area contributed by atoms with Gasteiger partial charge in [-0.2, -0.15) is 0 Å². The summed E-state index contributed by atoms with van der Waals surface area (Å²) in [6.45, 7) is 1.73. The molecule has 4 aromatic rings. The molecule has 0 aliphatic heterocycles. The first-order chi connectivity index (χ1) is 14.4. The first-order valence-corrected chi connectivity index (χ1v) is 12.0. The number of sulfone groups is 1. The summed E-state index contributed by atoms with van der Waals surface area (Å²) in [5, 5.41) is 1.05. The van der Waals surface area contributed by atoms with E-state index < -0.39 is 9.84 Å². The van der Waals surface area contributed by atoms with Gasteiger partial charge in [-0.05, 0) is 48.5 Å². The maximum atomic E-state index is 13.4. The third-order valence-electron chi connectivity index (χ3n) is 4.53. The molecule has 0 aliphatic rings. The zero-order chi connectivity index (χ0) is 21.3. The van der Waals surface area contributed by atoms with Gasteiger partial charge in [0.2, 0.25) is 0 Å². The number of hydrogen-bond donors (Lipinski definition) is 0. The highest BCUT2D eigenvalue weighted by molar-refractivity contribution is 7.91. The maximum Gasteiger partial charge on any atom is 0.260 e. The Balaban J connectivity index is 1.77. The number of benzene rings is 2. The van der Waals surface area contributed by atoms with Crippen molar-refractivity contribution < 1.29 is 17.6 Å². The average Bonchev–Trinajstić information content (AvgIpc) is 3.40. The molecule has 30 heavy (non-hydrogen) atoms. The van der Waals surface area contributed by atoms with Crippen molar-refractivity contribution in [2.45, 2.75) is 18.4 Å². The number of thiazole rings is 1. The van der Waals surface area contributed by atoms with E-state index in [1.54, 1.807) is 49.4 Å². The summed E-state index contributed by atoms with van der Waals surface area (Å²) in [5.74, 6) is 0.169. The number of furan rings is 1. The van der Waals surface area contributed by atoms with Crippen molar-refractivity contribution in [2.75, 3.05) is 10.7 Å². The standard InChI is InChI=1S/C21H17ClN2O4S2/c1-2-30(26,27)17-7-3-5-14(11-17)20(25)24(13-16-6-4-10-28-16)21-23-18-9-8-15(22)12-19(18)29-21/h3-12H,2,13H2,1H3. The summed E-state index contributed by atoms with van der Waals surface area (Å²) in [7, 11) is -3.44. The van der Waals surface area contributed by atoms with Crippen LogP contribution in [0.3, 0.4) is 0 Å². The van der Waals surface area contributed by atoms with Gasteiger partial charge in [-0.15, -0.1) is 0 Å². The molecule has 0 unspecified atom stereocenters. The Kier molecular flexibility index (Phi) is 5.64. The highest BCUT2D eigenvalue weighted by Crippen LogP contribution is 2.32. The number of rotatable bonds is 6. The minimum Gasteiger partial charge on any atom is -0.467 e. The van der Waals surface area contributed by atoms with Crippen LogP contribution in [0.4, 0.5) is 5.13 Å². The molecule has 0 N–H and O–H groups in total. The largest absolute Gasteiger partial charge is 0.467 e. The predicted molar refractivity (Wildman–Crippen MR) is 118 cm³/mol. The number of hydrogen-bond acceptors (Lipinski definition) is 6. The van der Waals surface area contributed by atoms with E-state index in [2.05, 4.69) is 4.98 Å². The van der Waals surface area contributed by atoms with Gasteiger partial charge in [0, 0.05) is 10.6 Å². The van der Waals surface area contributed by atoms with Crippen molar-refractivity contribution in [3.63, 3.8) is 0 Å². The third kappa shape index (κ3) is 4.12. The SMILES string of the molecule is CCS(=O)(=O)c1cccc(C(=O)N(Cc2ccco2)c2nc3ccc(Cl)cc3s2)c1. The molecule has 2 aromatic carbocycles. The predicted octanol–water partition coefficient (Wildman–Crippen LogP) is 5.18. The van der Waals surface area contributed by atoms with Crippen molar-refractivity contribution in [1.29, 1.82) is 0 Å². The molecule has 0 bridgehead atoms. The van der Waals surface area contributed by atoms with Crippen molar-refractivity contribution in [3.05, 3.63) is 77.2 Å². The normalized spacial score (nSPS) is 11.7. The summed E-state index contributed by atoms with van der Waals surface area (Å²) >= 11 is 7.41. The van der Waals surface area contributed by atoms with E-state index >= 15 is 0 Å². The summed E-state index contributed by atoms with van der Waals surface area (Å²) in [6, 6.07) is 14.9. The second-order valence-electron chi connectivity index (χ2n) is 6.51.